The van der Waals surface area contributed by atoms with Crippen molar-refractivity contribution in [1.29, 1.82) is 0 Å². The highest BCUT2D eigenvalue weighted by Crippen LogP contribution is 2.33. The average Bonchev–Trinajstić information content (AvgIpc) is 2.27. The van der Waals surface area contributed by atoms with Crippen molar-refractivity contribution in [3.63, 3.8) is 0 Å². The summed E-state index contributed by atoms with van der Waals surface area (Å²) in [6.45, 7) is 6.80. The lowest BCUT2D eigenvalue weighted by molar-refractivity contribution is -0.138. The zero-order chi connectivity index (χ0) is 15.7. The molecule has 1 aromatic carbocycles. The lowest BCUT2D eigenvalue weighted by Gasteiger charge is -2.21. The Kier molecular flexibility index (Phi) is 5.06. The largest absolute Gasteiger partial charge is 0.416 e. The van der Waals surface area contributed by atoms with E-state index in [1.807, 2.05) is 0 Å². The molecule has 1 rings (SSSR count). The summed E-state index contributed by atoms with van der Waals surface area (Å²) in [6, 6.07) is 4.20. The van der Waals surface area contributed by atoms with Gasteiger partial charge in [-0.1, -0.05) is 48.8 Å². The molecule has 1 atom stereocenters. The van der Waals surface area contributed by atoms with Crippen molar-refractivity contribution in [3.8, 4) is 0 Å². The Bertz CT molecular complexity index is 501. The number of hydrogen-bond donors (Lipinski definition) is 0. The molecule has 0 heterocycles. The van der Waals surface area contributed by atoms with Gasteiger partial charge in [-0.05, 0) is 30.5 Å². The maximum Gasteiger partial charge on any atom is 0.416 e. The fraction of sp³-hybridized carbons (Fsp3) is 0.533. The van der Waals surface area contributed by atoms with Gasteiger partial charge in [-0.2, -0.15) is 13.2 Å². The highest BCUT2D eigenvalue weighted by atomic mass is 79.9. The Morgan fingerprint density at radius 2 is 1.80 bits per heavy atom. The first-order valence-corrected chi connectivity index (χ1v) is 7.19. The van der Waals surface area contributed by atoms with Gasteiger partial charge >= 0.3 is 6.18 Å². The van der Waals surface area contributed by atoms with Crippen LogP contribution in [-0.2, 0) is 17.4 Å². The van der Waals surface area contributed by atoms with Crippen molar-refractivity contribution in [3.05, 3.63) is 34.9 Å². The van der Waals surface area contributed by atoms with Crippen LogP contribution in [0.1, 0.15) is 37.5 Å². The fourth-order valence-electron chi connectivity index (χ4n) is 1.87. The summed E-state index contributed by atoms with van der Waals surface area (Å²) in [4.78, 5) is 11.6. The molecule has 0 spiro atoms. The molecule has 112 valence electrons. The molecule has 0 saturated carbocycles. The summed E-state index contributed by atoms with van der Waals surface area (Å²) in [6.07, 6.45) is -4.12. The lowest BCUT2D eigenvalue weighted by Crippen LogP contribution is -2.30. The van der Waals surface area contributed by atoms with Crippen molar-refractivity contribution in [2.75, 3.05) is 0 Å². The predicted octanol–water partition coefficient (Wildman–Crippen LogP) is 4.94. The lowest BCUT2D eigenvalue weighted by atomic mass is 9.87. The number of benzene rings is 1. The molecule has 1 nitrogen and oxygen atoms in total. The normalized spacial score (nSPS) is 14.2. The number of Topliss-reactive ketones (excluding diaryl/α,β-unsaturated/α-hetero) is 1. The summed E-state index contributed by atoms with van der Waals surface area (Å²) in [5, 5.41) is 0. The van der Waals surface area contributed by atoms with Gasteiger partial charge in [0.2, 0.25) is 0 Å². The smallest absolute Gasteiger partial charge is 0.298 e. The number of alkyl halides is 4. The number of ketones is 1. The molecule has 0 aliphatic heterocycles. The molecule has 0 aliphatic rings. The molecule has 0 N–H and O–H groups in total. The van der Waals surface area contributed by atoms with Crippen LogP contribution >= 0.6 is 15.9 Å². The summed E-state index contributed by atoms with van der Waals surface area (Å²) in [5.41, 5.74) is -0.471. The van der Waals surface area contributed by atoms with Crippen molar-refractivity contribution >= 4 is 21.7 Å². The molecular weight excluding hydrogens is 333 g/mol. The number of rotatable bonds is 3. The molecule has 0 aliphatic carbocycles. The number of carbonyl (C=O) groups excluding carboxylic acids is 1. The number of carbonyl (C=O) groups is 1. The van der Waals surface area contributed by atoms with E-state index in [4.69, 9.17) is 0 Å². The van der Waals surface area contributed by atoms with E-state index < -0.39 is 22.0 Å². The summed E-state index contributed by atoms with van der Waals surface area (Å²) in [5.74, 6) is -0.0216. The highest BCUT2D eigenvalue weighted by molar-refractivity contribution is 9.10. The predicted molar refractivity (Wildman–Crippen MR) is 77.1 cm³/mol. The van der Waals surface area contributed by atoms with E-state index in [9.17, 15) is 18.0 Å². The first-order chi connectivity index (χ1) is 8.93. The molecule has 0 fully saturated rings. The van der Waals surface area contributed by atoms with E-state index in [1.165, 1.54) is 13.0 Å². The van der Waals surface area contributed by atoms with Gasteiger partial charge in [0.05, 0.1) is 10.4 Å². The van der Waals surface area contributed by atoms with E-state index in [2.05, 4.69) is 15.9 Å². The highest BCUT2D eigenvalue weighted by Gasteiger charge is 2.33. The maximum atomic E-state index is 12.8. The van der Waals surface area contributed by atoms with Crippen molar-refractivity contribution < 1.29 is 18.0 Å². The third kappa shape index (κ3) is 4.33. The molecule has 0 radical (unpaired) electrons. The Labute approximate surface area is 125 Å². The monoisotopic (exact) mass is 350 g/mol. The molecule has 0 bridgehead atoms. The molecule has 0 aromatic heterocycles. The van der Waals surface area contributed by atoms with Gasteiger partial charge in [-0.15, -0.1) is 0 Å². The number of halogens is 4. The first-order valence-electron chi connectivity index (χ1n) is 6.28. The van der Waals surface area contributed by atoms with Crippen LogP contribution in [0.3, 0.4) is 0 Å². The minimum Gasteiger partial charge on any atom is -0.298 e. The molecule has 1 unspecified atom stereocenters. The first kappa shape index (κ1) is 17.2. The van der Waals surface area contributed by atoms with Gasteiger partial charge in [0, 0.05) is 5.41 Å². The van der Waals surface area contributed by atoms with Gasteiger partial charge in [0.1, 0.15) is 0 Å². The Hall–Kier alpha value is -0.840. The van der Waals surface area contributed by atoms with Crippen LogP contribution in [0.2, 0.25) is 0 Å². The zero-order valence-electron chi connectivity index (χ0n) is 11.9. The van der Waals surface area contributed by atoms with Gasteiger partial charge in [-0.25, -0.2) is 0 Å². The van der Waals surface area contributed by atoms with Crippen molar-refractivity contribution in [2.45, 2.75) is 45.1 Å². The van der Waals surface area contributed by atoms with Crippen LogP contribution in [0.15, 0.2) is 18.2 Å². The second-order valence-corrected chi connectivity index (χ2v) is 7.04. The van der Waals surface area contributed by atoms with E-state index in [1.54, 1.807) is 26.8 Å². The second kappa shape index (κ2) is 5.88. The number of hydrogen-bond acceptors (Lipinski definition) is 1. The summed E-state index contributed by atoms with van der Waals surface area (Å²) >= 11 is 3.28. The Morgan fingerprint density at radius 3 is 2.25 bits per heavy atom. The van der Waals surface area contributed by atoms with Gasteiger partial charge in [0.15, 0.2) is 5.78 Å². The second-order valence-electron chi connectivity index (χ2n) is 5.93. The van der Waals surface area contributed by atoms with Crippen molar-refractivity contribution in [1.82, 2.24) is 0 Å². The quantitative estimate of drug-likeness (QED) is 0.706. The number of aryl methyl sites for hydroxylation is 1. The van der Waals surface area contributed by atoms with Crippen LogP contribution in [0.25, 0.3) is 0 Å². The van der Waals surface area contributed by atoms with Crippen LogP contribution in [0.4, 0.5) is 13.2 Å². The Morgan fingerprint density at radius 1 is 1.25 bits per heavy atom. The zero-order valence-corrected chi connectivity index (χ0v) is 13.5. The standard InChI is InChI=1S/C15H18BrF3O/c1-9-5-6-10(7-11(9)15(17,18)19)8-12(16)13(20)14(2,3)4/h5-7,12H,8H2,1-4H3. The van der Waals surface area contributed by atoms with Crippen molar-refractivity contribution in [2.24, 2.45) is 5.41 Å². The third-order valence-electron chi connectivity index (χ3n) is 3.05. The van der Waals surface area contributed by atoms with E-state index in [0.717, 1.165) is 6.07 Å². The molecule has 5 heteroatoms. The molecule has 0 saturated heterocycles. The maximum absolute atomic E-state index is 12.8. The van der Waals surface area contributed by atoms with Gasteiger partial charge in [0.25, 0.3) is 0 Å². The summed E-state index contributed by atoms with van der Waals surface area (Å²) in [7, 11) is 0. The Balaban J connectivity index is 2.98. The molecule has 1 aromatic rings. The van der Waals surface area contributed by atoms with Crippen LogP contribution < -0.4 is 0 Å². The van der Waals surface area contributed by atoms with Crippen LogP contribution in [0, 0.1) is 12.3 Å². The topological polar surface area (TPSA) is 17.1 Å². The minimum atomic E-state index is -4.37. The SMILES string of the molecule is Cc1ccc(CC(Br)C(=O)C(C)(C)C)cc1C(F)(F)F. The van der Waals surface area contributed by atoms with Crippen LogP contribution in [-0.4, -0.2) is 10.6 Å². The summed E-state index contributed by atoms with van der Waals surface area (Å²) < 4.78 is 38.5. The van der Waals surface area contributed by atoms with E-state index in [0.29, 0.717) is 5.56 Å². The molecular formula is C15H18BrF3O. The van der Waals surface area contributed by atoms with Crippen LogP contribution in [0.5, 0.6) is 0 Å². The van der Waals surface area contributed by atoms with E-state index in [-0.39, 0.29) is 17.8 Å². The fourth-order valence-corrected chi connectivity index (χ4v) is 2.93. The average molecular weight is 351 g/mol. The molecule has 20 heavy (non-hydrogen) atoms. The van der Waals surface area contributed by atoms with E-state index >= 15 is 0 Å². The minimum absolute atomic E-state index is 0.0216. The van der Waals surface area contributed by atoms with Gasteiger partial charge < -0.3 is 0 Å². The van der Waals surface area contributed by atoms with Gasteiger partial charge in [-0.3, -0.25) is 4.79 Å². The third-order valence-corrected chi connectivity index (χ3v) is 3.79. The molecule has 0 amide bonds.